The molecule has 0 radical (unpaired) electrons. The minimum atomic E-state index is -1.04. The standard InChI is InChI=1S/C15H12N4O5S/c1-7-11-13(16-6-17-14(11)25-12(7)15(20)21)18-9-5-8(19(22)23)3-4-10(9)24-2/h3-6H,1-2H3,(H,20,21)(H,16,17,18). The lowest BCUT2D eigenvalue weighted by molar-refractivity contribution is -0.384. The van der Waals surface area contributed by atoms with Gasteiger partial charge in [0.1, 0.15) is 27.6 Å². The highest BCUT2D eigenvalue weighted by Gasteiger charge is 2.20. The van der Waals surface area contributed by atoms with Crippen molar-refractivity contribution in [3.05, 3.63) is 45.1 Å². The molecule has 0 unspecified atom stereocenters. The van der Waals surface area contributed by atoms with Crippen molar-refractivity contribution in [3.8, 4) is 5.75 Å². The number of aromatic nitrogens is 2. The molecule has 2 aromatic heterocycles. The summed E-state index contributed by atoms with van der Waals surface area (Å²) >= 11 is 1.04. The second kappa shape index (κ2) is 6.32. The van der Waals surface area contributed by atoms with Crippen molar-refractivity contribution < 1.29 is 19.6 Å². The summed E-state index contributed by atoms with van der Waals surface area (Å²) in [6.45, 7) is 1.67. The second-order valence-electron chi connectivity index (χ2n) is 5.03. The van der Waals surface area contributed by atoms with E-state index in [-0.39, 0.29) is 10.6 Å². The van der Waals surface area contributed by atoms with Crippen LogP contribution in [-0.2, 0) is 0 Å². The third-order valence-electron chi connectivity index (χ3n) is 3.57. The Bertz CT molecular complexity index is 1000. The molecule has 0 saturated carbocycles. The van der Waals surface area contributed by atoms with Gasteiger partial charge < -0.3 is 15.2 Å². The molecule has 9 nitrogen and oxygen atoms in total. The van der Waals surface area contributed by atoms with E-state index in [9.17, 15) is 20.0 Å². The number of methoxy groups -OCH3 is 1. The normalized spacial score (nSPS) is 10.6. The molecule has 2 N–H and O–H groups in total. The molecular weight excluding hydrogens is 348 g/mol. The van der Waals surface area contributed by atoms with E-state index in [0.29, 0.717) is 33.0 Å². The molecule has 1 aromatic carbocycles. The van der Waals surface area contributed by atoms with Crippen LogP contribution in [-0.4, -0.2) is 33.1 Å². The highest BCUT2D eigenvalue weighted by molar-refractivity contribution is 7.20. The maximum absolute atomic E-state index is 11.3. The van der Waals surface area contributed by atoms with E-state index in [1.165, 1.54) is 31.6 Å². The van der Waals surface area contributed by atoms with Gasteiger partial charge in [-0.25, -0.2) is 14.8 Å². The second-order valence-corrected chi connectivity index (χ2v) is 6.03. The number of aryl methyl sites for hydroxylation is 1. The molecule has 0 amide bonds. The van der Waals surface area contributed by atoms with Gasteiger partial charge in [-0.1, -0.05) is 0 Å². The van der Waals surface area contributed by atoms with E-state index in [4.69, 9.17) is 4.74 Å². The molecular formula is C15H12N4O5S. The number of nitro groups is 1. The fourth-order valence-corrected chi connectivity index (χ4v) is 3.39. The number of benzene rings is 1. The molecule has 0 aliphatic heterocycles. The molecule has 0 aliphatic carbocycles. The summed E-state index contributed by atoms with van der Waals surface area (Å²) in [5.41, 5.74) is 0.765. The Morgan fingerprint density at radius 1 is 1.40 bits per heavy atom. The number of nitro benzene ring substituents is 1. The van der Waals surface area contributed by atoms with Gasteiger partial charge in [0.05, 0.1) is 23.1 Å². The van der Waals surface area contributed by atoms with Crippen molar-refractivity contribution in [2.24, 2.45) is 0 Å². The molecule has 0 spiro atoms. The van der Waals surface area contributed by atoms with E-state index in [1.807, 2.05) is 0 Å². The number of thiophene rings is 1. The summed E-state index contributed by atoms with van der Waals surface area (Å²) in [7, 11) is 1.44. The smallest absolute Gasteiger partial charge is 0.346 e. The third kappa shape index (κ3) is 2.94. The number of carbonyl (C=O) groups is 1. The Balaban J connectivity index is 2.14. The van der Waals surface area contributed by atoms with Crippen LogP contribution in [0.5, 0.6) is 5.75 Å². The fraction of sp³-hybridized carbons (Fsp3) is 0.133. The first-order chi connectivity index (χ1) is 11.9. The topological polar surface area (TPSA) is 127 Å². The predicted octanol–water partition coefficient (Wildman–Crippen LogP) is 3.36. The minimum absolute atomic E-state index is 0.109. The van der Waals surface area contributed by atoms with Crippen LogP contribution in [0.15, 0.2) is 24.5 Å². The van der Waals surface area contributed by atoms with Crippen LogP contribution in [0.4, 0.5) is 17.2 Å². The van der Waals surface area contributed by atoms with Crippen LogP contribution in [0.25, 0.3) is 10.2 Å². The third-order valence-corrected chi connectivity index (χ3v) is 4.76. The van der Waals surface area contributed by atoms with E-state index in [1.54, 1.807) is 6.92 Å². The van der Waals surface area contributed by atoms with E-state index in [0.717, 1.165) is 11.3 Å². The molecule has 10 heteroatoms. The molecule has 3 aromatic rings. The van der Waals surface area contributed by atoms with E-state index < -0.39 is 10.9 Å². The number of ether oxygens (including phenoxy) is 1. The van der Waals surface area contributed by atoms with Gasteiger partial charge in [0, 0.05) is 12.1 Å². The number of nitrogens with one attached hydrogen (secondary N) is 1. The lowest BCUT2D eigenvalue weighted by atomic mass is 10.2. The molecule has 0 fully saturated rings. The van der Waals surface area contributed by atoms with Crippen LogP contribution in [0.1, 0.15) is 15.2 Å². The van der Waals surface area contributed by atoms with Gasteiger partial charge in [-0.05, 0) is 18.6 Å². The van der Waals surface area contributed by atoms with Gasteiger partial charge in [-0.2, -0.15) is 0 Å². The lowest BCUT2D eigenvalue weighted by Crippen LogP contribution is -2.00. The number of fused-ring (bicyclic) bond motifs is 1. The number of aromatic carboxylic acids is 1. The van der Waals surface area contributed by atoms with Crippen LogP contribution in [0, 0.1) is 17.0 Å². The number of rotatable bonds is 5. The average molecular weight is 360 g/mol. The van der Waals surface area contributed by atoms with Crippen molar-refractivity contribution in [1.29, 1.82) is 0 Å². The maximum Gasteiger partial charge on any atom is 0.346 e. The maximum atomic E-state index is 11.3. The Morgan fingerprint density at radius 3 is 2.80 bits per heavy atom. The fourth-order valence-electron chi connectivity index (χ4n) is 2.41. The average Bonchev–Trinajstić information content (AvgIpc) is 2.93. The summed E-state index contributed by atoms with van der Waals surface area (Å²) < 4.78 is 5.22. The Kier molecular flexibility index (Phi) is 4.19. The highest BCUT2D eigenvalue weighted by atomic mass is 32.1. The molecule has 0 aliphatic rings. The molecule has 3 rings (SSSR count). The zero-order valence-corrected chi connectivity index (χ0v) is 14.0. The first kappa shape index (κ1) is 16.6. The monoisotopic (exact) mass is 360 g/mol. The van der Waals surface area contributed by atoms with Gasteiger partial charge >= 0.3 is 5.97 Å². The van der Waals surface area contributed by atoms with Gasteiger partial charge in [0.2, 0.25) is 0 Å². The van der Waals surface area contributed by atoms with Crippen LogP contribution in [0.3, 0.4) is 0 Å². The first-order valence-corrected chi connectivity index (χ1v) is 7.81. The Labute approximate surface area is 145 Å². The number of nitrogens with zero attached hydrogens (tertiary/aromatic N) is 3. The summed E-state index contributed by atoms with van der Waals surface area (Å²) in [6.07, 6.45) is 1.30. The predicted molar refractivity (Wildman–Crippen MR) is 92.0 cm³/mol. The van der Waals surface area contributed by atoms with E-state index >= 15 is 0 Å². The van der Waals surface area contributed by atoms with Crippen molar-refractivity contribution >= 4 is 44.7 Å². The number of carboxylic acid groups (broad SMARTS) is 1. The zero-order chi connectivity index (χ0) is 18.1. The molecule has 128 valence electrons. The van der Waals surface area contributed by atoms with Crippen LogP contribution < -0.4 is 10.1 Å². The first-order valence-electron chi connectivity index (χ1n) is 6.99. The van der Waals surface area contributed by atoms with E-state index in [2.05, 4.69) is 15.3 Å². The van der Waals surface area contributed by atoms with Crippen LogP contribution >= 0.6 is 11.3 Å². The molecule has 2 heterocycles. The highest BCUT2D eigenvalue weighted by Crippen LogP contribution is 2.37. The van der Waals surface area contributed by atoms with Gasteiger partial charge in [-0.15, -0.1) is 11.3 Å². The van der Waals surface area contributed by atoms with Crippen LogP contribution in [0.2, 0.25) is 0 Å². The Hall–Kier alpha value is -3.27. The van der Waals surface area contributed by atoms with Crippen molar-refractivity contribution in [2.75, 3.05) is 12.4 Å². The molecule has 0 saturated heterocycles. The number of anilines is 2. The van der Waals surface area contributed by atoms with Crippen molar-refractivity contribution in [3.63, 3.8) is 0 Å². The van der Waals surface area contributed by atoms with Gasteiger partial charge in [0.25, 0.3) is 5.69 Å². The molecule has 25 heavy (non-hydrogen) atoms. The number of non-ortho nitro benzene ring substituents is 1. The van der Waals surface area contributed by atoms with Crippen molar-refractivity contribution in [1.82, 2.24) is 9.97 Å². The SMILES string of the molecule is COc1ccc([N+](=O)[O-])cc1Nc1ncnc2sc(C(=O)O)c(C)c12. The lowest BCUT2D eigenvalue weighted by Gasteiger charge is -2.11. The summed E-state index contributed by atoms with van der Waals surface area (Å²) in [6, 6.07) is 4.13. The Morgan fingerprint density at radius 2 is 2.16 bits per heavy atom. The quantitative estimate of drug-likeness (QED) is 0.524. The molecule has 0 atom stereocenters. The summed E-state index contributed by atoms with van der Waals surface area (Å²) in [4.78, 5) is 30.7. The van der Waals surface area contributed by atoms with Gasteiger partial charge in [0.15, 0.2) is 0 Å². The number of hydrogen-bond donors (Lipinski definition) is 2. The van der Waals surface area contributed by atoms with Crippen molar-refractivity contribution in [2.45, 2.75) is 6.92 Å². The zero-order valence-electron chi connectivity index (χ0n) is 13.1. The van der Waals surface area contributed by atoms with Gasteiger partial charge in [-0.3, -0.25) is 10.1 Å². The number of carboxylic acids is 1. The number of hydrogen-bond acceptors (Lipinski definition) is 8. The minimum Gasteiger partial charge on any atom is -0.495 e. The molecule has 0 bridgehead atoms. The summed E-state index contributed by atoms with van der Waals surface area (Å²) in [5.74, 6) is -0.298. The largest absolute Gasteiger partial charge is 0.495 e. The summed E-state index contributed by atoms with van der Waals surface area (Å²) in [5, 5.41) is 23.8.